The maximum absolute atomic E-state index is 5.92. The van der Waals surface area contributed by atoms with E-state index in [0.717, 1.165) is 15.5 Å². The maximum atomic E-state index is 5.92. The van der Waals surface area contributed by atoms with Crippen LogP contribution >= 0.6 is 15.9 Å². The second kappa shape index (κ2) is 4.43. The number of nitrogens with two attached hydrogens (primary N) is 1. The quantitative estimate of drug-likeness (QED) is 0.942. The number of nitrogens with zero attached hydrogens (tertiary/aromatic N) is 2. The Morgan fingerprint density at radius 3 is 3.00 bits per heavy atom. The number of methoxy groups -OCH3 is 1. The number of halogens is 1. The van der Waals surface area contributed by atoms with Gasteiger partial charge in [0.1, 0.15) is 0 Å². The van der Waals surface area contributed by atoms with Crippen molar-refractivity contribution in [3.63, 3.8) is 0 Å². The lowest BCUT2D eigenvalue weighted by Gasteiger charge is -2.14. The zero-order valence-electron chi connectivity index (χ0n) is 9.27. The summed E-state index contributed by atoms with van der Waals surface area (Å²) in [6.45, 7) is 2.68. The number of imidazole rings is 1. The normalized spacial score (nSPS) is 13.2. The molecule has 0 radical (unpaired) electrons. The van der Waals surface area contributed by atoms with Gasteiger partial charge < -0.3 is 15.0 Å². The summed E-state index contributed by atoms with van der Waals surface area (Å²) in [5.74, 6) is 0.526. The van der Waals surface area contributed by atoms with E-state index in [2.05, 4.69) is 27.8 Å². The second-order valence-electron chi connectivity index (χ2n) is 3.78. The maximum Gasteiger partial charge on any atom is 0.201 e. The van der Waals surface area contributed by atoms with Crippen LogP contribution < -0.4 is 5.73 Å². The first-order chi connectivity index (χ1) is 7.63. The van der Waals surface area contributed by atoms with Crippen molar-refractivity contribution in [1.29, 1.82) is 0 Å². The van der Waals surface area contributed by atoms with Crippen molar-refractivity contribution in [3.8, 4) is 0 Å². The predicted molar refractivity (Wildman–Crippen MR) is 68.4 cm³/mol. The largest absolute Gasteiger partial charge is 0.383 e. The summed E-state index contributed by atoms with van der Waals surface area (Å²) in [5, 5.41) is 0. The van der Waals surface area contributed by atoms with Gasteiger partial charge in [-0.1, -0.05) is 15.9 Å². The Bertz CT molecular complexity index is 509. The molecule has 1 aromatic heterocycles. The first-order valence-corrected chi connectivity index (χ1v) is 5.84. The fourth-order valence-electron chi connectivity index (χ4n) is 1.87. The molecule has 0 bridgehead atoms. The van der Waals surface area contributed by atoms with Crippen LogP contribution in [-0.4, -0.2) is 23.3 Å². The van der Waals surface area contributed by atoms with Crippen LogP contribution in [0.2, 0.25) is 0 Å². The minimum absolute atomic E-state index is 0.177. The van der Waals surface area contributed by atoms with E-state index in [1.54, 1.807) is 7.11 Å². The molecular formula is C11H14BrN3O. The third-order valence-corrected chi connectivity index (χ3v) is 3.02. The topological polar surface area (TPSA) is 53.1 Å². The van der Waals surface area contributed by atoms with E-state index in [0.29, 0.717) is 12.6 Å². The lowest BCUT2D eigenvalue weighted by molar-refractivity contribution is 0.164. The van der Waals surface area contributed by atoms with Crippen LogP contribution in [0.25, 0.3) is 11.0 Å². The van der Waals surface area contributed by atoms with Gasteiger partial charge in [-0.25, -0.2) is 4.98 Å². The molecule has 1 atom stereocenters. The fraction of sp³-hybridized carbons (Fsp3) is 0.364. The van der Waals surface area contributed by atoms with Crippen LogP contribution in [0.3, 0.4) is 0 Å². The summed E-state index contributed by atoms with van der Waals surface area (Å²) in [6, 6.07) is 6.13. The Kier molecular flexibility index (Phi) is 3.16. The summed E-state index contributed by atoms with van der Waals surface area (Å²) in [6.07, 6.45) is 0. The lowest BCUT2D eigenvalue weighted by atomic mass is 10.3. The Labute approximate surface area is 103 Å². The van der Waals surface area contributed by atoms with Gasteiger partial charge >= 0.3 is 0 Å². The first kappa shape index (κ1) is 11.4. The monoisotopic (exact) mass is 283 g/mol. The van der Waals surface area contributed by atoms with Crippen molar-refractivity contribution in [1.82, 2.24) is 9.55 Å². The number of nitrogen functional groups attached to an aromatic ring is 1. The molecule has 0 aliphatic heterocycles. The molecule has 4 nitrogen and oxygen atoms in total. The molecule has 1 aromatic carbocycles. The predicted octanol–water partition coefficient (Wildman–Crippen LogP) is 2.59. The van der Waals surface area contributed by atoms with Gasteiger partial charge in [0, 0.05) is 11.6 Å². The van der Waals surface area contributed by atoms with E-state index in [9.17, 15) is 0 Å². The van der Waals surface area contributed by atoms with E-state index in [1.165, 1.54) is 0 Å². The molecule has 2 N–H and O–H groups in total. The molecule has 5 heteroatoms. The SMILES string of the molecule is COCC(C)n1c(N)nc2cc(Br)ccc21. The molecule has 0 fully saturated rings. The van der Waals surface area contributed by atoms with Gasteiger partial charge in [-0.05, 0) is 25.1 Å². The van der Waals surface area contributed by atoms with E-state index in [-0.39, 0.29) is 6.04 Å². The van der Waals surface area contributed by atoms with Gasteiger partial charge in [0.25, 0.3) is 0 Å². The van der Waals surface area contributed by atoms with Gasteiger partial charge in [-0.3, -0.25) is 0 Å². The van der Waals surface area contributed by atoms with Crippen molar-refractivity contribution in [2.75, 3.05) is 19.5 Å². The second-order valence-corrected chi connectivity index (χ2v) is 4.69. The molecule has 0 saturated carbocycles. The summed E-state index contributed by atoms with van der Waals surface area (Å²) in [5.41, 5.74) is 7.85. The number of hydrogen-bond donors (Lipinski definition) is 1. The molecule has 86 valence electrons. The third kappa shape index (κ3) is 1.92. The van der Waals surface area contributed by atoms with Gasteiger partial charge in [0.2, 0.25) is 5.95 Å². The molecule has 0 aliphatic carbocycles. The third-order valence-electron chi connectivity index (χ3n) is 2.53. The number of anilines is 1. The first-order valence-electron chi connectivity index (χ1n) is 5.05. The molecule has 2 rings (SSSR count). The number of aromatic nitrogens is 2. The van der Waals surface area contributed by atoms with Crippen molar-refractivity contribution in [3.05, 3.63) is 22.7 Å². The van der Waals surface area contributed by atoms with Crippen molar-refractivity contribution >= 4 is 32.9 Å². The van der Waals surface area contributed by atoms with Gasteiger partial charge in [-0.2, -0.15) is 0 Å². The summed E-state index contributed by atoms with van der Waals surface area (Å²) in [4.78, 5) is 4.33. The summed E-state index contributed by atoms with van der Waals surface area (Å²) in [7, 11) is 1.68. The van der Waals surface area contributed by atoms with Crippen LogP contribution in [-0.2, 0) is 4.74 Å². The molecule has 1 unspecified atom stereocenters. The van der Waals surface area contributed by atoms with Gasteiger partial charge in [0.15, 0.2) is 0 Å². The van der Waals surface area contributed by atoms with E-state index in [4.69, 9.17) is 10.5 Å². The highest BCUT2D eigenvalue weighted by atomic mass is 79.9. The molecule has 1 heterocycles. The van der Waals surface area contributed by atoms with Crippen LogP contribution in [0, 0.1) is 0 Å². The molecule has 0 saturated heterocycles. The summed E-state index contributed by atoms with van der Waals surface area (Å²) < 4.78 is 8.14. The molecule has 2 aromatic rings. The van der Waals surface area contributed by atoms with Gasteiger partial charge in [0.05, 0.1) is 23.7 Å². The minimum atomic E-state index is 0.177. The molecule has 0 aliphatic rings. The van der Waals surface area contributed by atoms with Crippen molar-refractivity contribution < 1.29 is 4.74 Å². The molecule has 0 spiro atoms. The standard InChI is InChI=1S/C11H14BrN3O/c1-7(6-16-2)15-10-4-3-8(12)5-9(10)14-11(15)13/h3-5,7H,6H2,1-2H3,(H2,13,14). The number of rotatable bonds is 3. The highest BCUT2D eigenvalue weighted by Crippen LogP contribution is 2.25. The number of ether oxygens (including phenoxy) is 1. The Morgan fingerprint density at radius 1 is 1.56 bits per heavy atom. The lowest BCUT2D eigenvalue weighted by Crippen LogP contribution is -2.13. The number of fused-ring (bicyclic) bond motifs is 1. The zero-order chi connectivity index (χ0) is 11.7. The Hall–Kier alpha value is -1.07. The van der Waals surface area contributed by atoms with Crippen molar-refractivity contribution in [2.45, 2.75) is 13.0 Å². The van der Waals surface area contributed by atoms with E-state index in [1.807, 2.05) is 22.8 Å². The van der Waals surface area contributed by atoms with Gasteiger partial charge in [-0.15, -0.1) is 0 Å². The fourth-order valence-corrected chi connectivity index (χ4v) is 2.22. The van der Waals surface area contributed by atoms with E-state index >= 15 is 0 Å². The van der Waals surface area contributed by atoms with Crippen LogP contribution in [0.5, 0.6) is 0 Å². The highest BCUT2D eigenvalue weighted by molar-refractivity contribution is 9.10. The van der Waals surface area contributed by atoms with E-state index < -0.39 is 0 Å². The summed E-state index contributed by atoms with van der Waals surface area (Å²) >= 11 is 3.42. The van der Waals surface area contributed by atoms with Crippen LogP contribution in [0.15, 0.2) is 22.7 Å². The number of hydrogen-bond acceptors (Lipinski definition) is 3. The molecule has 16 heavy (non-hydrogen) atoms. The highest BCUT2D eigenvalue weighted by Gasteiger charge is 2.13. The average molecular weight is 284 g/mol. The van der Waals surface area contributed by atoms with Crippen LogP contribution in [0.4, 0.5) is 5.95 Å². The number of benzene rings is 1. The zero-order valence-corrected chi connectivity index (χ0v) is 10.9. The Morgan fingerprint density at radius 2 is 2.31 bits per heavy atom. The average Bonchev–Trinajstić information content (AvgIpc) is 2.53. The Balaban J connectivity index is 2.55. The van der Waals surface area contributed by atoms with Crippen molar-refractivity contribution in [2.24, 2.45) is 0 Å². The van der Waals surface area contributed by atoms with Crippen LogP contribution in [0.1, 0.15) is 13.0 Å². The smallest absolute Gasteiger partial charge is 0.201 e. The molecule has 0 amide bonds. The minimum Gasteiger partial charge on any atom is -0.383 e. The molecular weight excluding hydrogens is 270 g/mol.